The van der Waals surface area contributed by atoms with E-state index < -0.39 is 51.5 Å². The Morgan fingerprint density at radius 1 is 1.21 bits per heavy atom. The first-order chi connectivity index (χ1) is 13.4. The van der Waals surface area contributed by atoms with Crippen LogP contribution in [0, 0.1) is 5.92 Å². The standard InChI is InChI=1S/C18H24Cl2FNO6S/c1-10(2)8-14(28-18(24)25)15(13(9-21)22-17(23)16(19)20)11-4-6-12(7-5-11)29(3,26)27/h4-7,10,13-16H,8-9H2,1-3H3,(H,22,23)(H,24,25)/t13-,14+,15?/m0/s1. The van der Waals surface area contributed by atoms with Gasteiger partial charge in [-0.15, -0.1) is 0 Å². The van der Waals surface area contributed by atoms with Gasteiger partial charge in [-0.1, -0.05) is 49.2 Å². The third kappa shape index (κ3) is 7.98. The summed E-state index contributed by atoms with van der Waals surface area (Å²) < 4.78 is 42.3. The van der Waals surface area contributed by atoms with Crippen LogP contribution in [0.1, 0.15) is 31.7 Å². The van der Waals surface area contributed by atoms with Gasteiger partial charge in [0.15, 0.2) is 14.7 Å². The van der Waals surface area contributed by atoms with Crippen LogP contribution in [0.15, 0.2) is 29.2 Å². The molecule has 0 aliphatic rings. The van der Waals surface area contributed by atoms with Crippen LogP contribution in [0.2, 0.25) is 0 Å². The molecule has 0 aliphatic carbocycles. The lowest BCUT2D eigenvalue weighted by molar-refractivity contribution is -0.120. The van der Waals surface area contributed by atoms with Crippen molar-refractivity contribution in [1.29, 1.82) is 0 Å². The maximum atomic E-state index is 13.9. The van der Waals surface area contributed by atoms with Gasteiger partial charge in [-0.25, -0.2) is 17.6 Å². The number of benzene rings is 1. The monoisotopic (exact) mass is 471 g/mol. The van der Waals surface area contributed by atoms with Gasteiger partial charge < -0.3 is 15.2 Å². The van der Waals surface area contributed by atoms with Gasteiger partial charge in [0.25, 0.3) is 5.91 Å². The largest absolute Gasteiger partial charge is 0.506 e. The van der Waals surface area contributed by atoms with Crippen molar-refractivity contribution in [3.63, 3.8) is 0 Å². The summed E-state index contributed by atoms with van der Waals surface area (Å²) in [4.78, 5) is 21.8. The number of rotatable bonds is 10. The molecule has 29 heavy (non-hydrogen) atoms. The molecule has 0 bridgehead atoms. The van der Waals surface area contributed by atoms with E-state index in [0.717, 1.165) is 6.26 Å². The number of alkyl halides is 3. The average molecular weight is 472 g/mol. The summed E-state index contributed by atoms with van der Waals surface area (Å²) in [6, 6.07) is 4.33. The van der Waals surface area contributed by atoms with Gasteiger partial charge in [-0.2, -0.15) is 0 Å². The van der Waals surface area contributed by atoms with E-state index in [2.05, 4.69) is 5.32 Å². The fourth-order valence-electron chi connectivity index (χ4n) is 2.98. The summed E-state index contributed by atoms with van der Waals surface area (Å²) in [6.45, 7) is 2.61. The topological polar surface area (TPSA) is 110 Å². The minimum atomic E-state index is -3.46. The molecule has 0 aromatic heterocycles. The highest BCUT2D eigenvalue weighted by atomic mass is 35.5. The van der Waals surface area contributed by atoms with E-state index in [4.69, 9.17) is 33.0 Å². The van der Waals surface area contributed by atoms with Gasteiger partial charge in [0, 0.05) is 12.2 Å². The van der Waals surface area contributed by atoms with Crippen molar-refractivity contribution < 1.29 is 32.2 Å². The number of carbonyl (C=O) groups excluding carboxylic acids is 1. The van der Waals surface area contributed by atoms with Crippen molar-refractivity contribution in [2.24, 2.45) is 5.92 Å². The second-order valence-corrected chi connectivity index (χ2v) is 10.1. The third-order valence-electron chi connectivity index (χ3n) is 4.18. The molecule has 1 rings (SSSR count). The smallest absolute Gasteiger partial charge is 0.450 e. The van der Waals surface area contributed by atoms with Crippen molar-refractivity contribution >= 4 is 45.1 Å². The molecule has 3 atom stereocenters. The van der Waals surface area contributed by atoms with Crippen LogP contribution in [0.5, 0.6) is 0 Å². The molecular formula is C18H24Cl2FNO6S. The van der Waals surface area contributed by atoms with Crippen LogP contribution in [0.25, 0.3) is 0 Å². The molecule has 164 valence electrons. The number of hydrogen-bond donors (Lipinski definition) is 2. The van der Waals surface area contributed by atoms with Crippen molar-refractivity contribution in [1.82, 2.24) is 5.32 Å². The maximum absolute atomic E-state index is 13.9. The fraction of sp³-hybridized carbons (Fsp3) is 0.556. The molecule has 0 saturated carbocycles. The first kappa shape index (κ1) is 25.5. The number of carbonyl (C=O) groups is 2. The van der Waals surface area contributed by atoms with Gasteiger partial charge in [0.05, 0.1) is 10.9 Å². The predicted octanol–water partition coefficient (Wildman–Crippen LogP) is 3.54. The lowest BCUT2D eigenvalue weighted by atomic mass is 9.83. The fourth-order valence-corrected chi connectivity index (χ4v) is 3.73. The lowest BCUT2D eigenvalue weighted by Crippen LogP contribution is -2.47. The van der Waals surface area contributed by atoms with E-state index in [1.165, 1.54) is 24.3 Å². The molecule has 1 aromatic rings. The number of amides is 1. The van der Waals surface area contributed by atoms with Crippen LogP contribution in [0.4, 0.5) is 9.18 Å². The number of halogens is 3. The molecule has 0 fully saturated rings. The Morgan fingerprint density at radius 3 is 2.14 bits per heavy atom. The van der Waals surface area contributed by atoms with Crippen LogP contribution in [-0.4, -0.2) is 55.5 Å². The first-order valence-corrected chi connectivity index (χ1v) is 11.5. The highest BCUT2D eigenvalue weighted by Crippen LogP contribution is 2.31. The zero-order valence-corrected chi connectivity index (χ0v) is 18.5. The zero-order valence-electron chi connectivity index (χ0n) is 16.1. The van der Waals surface area contributed by atoms with Gasteiger partial charge in [0.2, 0.25) is 0 Å². The molecule has 1 unspecified atom stereocenters. The Morgan fingerprint density at radius 2 is 1.76 bits per heavy atom. The molecule has 0 radical (unpaired) electrons. The number of carboxylic acid groups (broad SMARTS) is 1. The molecule has 2 N–H and O–H groups in total. The molecular weight excluding hydrogens is 448 g/mol. The van der Waals surface area contributed by atoms with Crippen molar-refractivity contribution in [3.05, 3.63) is 29.8 Å². The molecule has 0 heterocycles. The zero-order chi connectivity index (χ0) is 22.4. The Bertz CT molecular complexity index is 801. The summed E-state index contributed by atoms with van der Waals surface area (Å²) in [5, 5.41) is 11.5. The number of hydrogen-bond acceptors (Lipinski definition) is 5. The van der Waals surface area contributed by atoms with Crippen molar-refractivity contribution in [2.45, 2.75) is 48.1 Å². The minimum Gasteiger partial charge on any atom is -0.450 e. The van der Waals surface area contributed by atoms with Gasteiger partial charge in [0.1, 0.15) is 12.8 Å². The number of sulfone groups is 1. The molecule has 7 nitrogen and oxygen atoms in total. The van der Waals surface area contributed by atoms with E-state index in [0.29, 0.717) is 5.56 Å². The summed E-state index contributed by atoms with van der Waals surface area (Å²) >= 11 is 11.1. The van der Waals surface area contributed by atoms with Crippen LogP contribution in [0.3, 0.4) is 0 Å². The Kier molecular flexibility index (Phi) is 9.64. The Hall–Kier alpha value is -1.58. The van der Waals surface area contributed by atoms with Gasteiger partial charge in [-0.3, -0.25) is 4.79 Å². The van der Waals surface area contributed by atoms with E-state index in [1.807, 2.05) is 13.8 Å². The molecule has 0 saturated heterocycles. The van der Waals surface area contributed by atoms with E-state index in [9.17, 15) is 22.4 Å². The summed E-state index contributed by atoms with van der Waals surface area (Å²) in [5.74, 6) is -1.79. The molecule has 11 heteroatoms. The molecule has 1 aromatic carbocycles. The van der Waals surface area contributed by atoms with Crippen molar-refractivity contribution in [3.8, 4) is 0 Å². The molecule has 1 amide bonds. The second kappa shape index (κ2) is 11.0. The second-order valence-electron chi connectivity index (χ2n) is 6.99. The van der Waals surface area contributed by atoms with E-state index in [1.54, 1.807) is 0 Å². The molecule has 0 aliphatic heterocycles. The summed E-state index contributed by atoms with van der Waals surface area (Å²) in [5.41, 5.74) is 0.396. The highest BCUT2D eigenvalue weighted by molar-refractivity contribution is 7.90. The lowest BCUT2D eigenvalue weighted by Gasteiger charge is -2.33. The van der Waals surface area contributed by atoms with Gasteiger partial charge >= 0.3 is 6.16 Å². The average Bonchev–Trinajstić information content (AvgIpc) is 2.59. The van der Waals surface area contributed by atoms with E-state index >= 15 is 0 Å². The Balaban J connectivity index is 3.44. The van der Waals surface area contributed by atoms with Crippen LogP contribution in [-0.2, 0) is 19.4 Å². The number of ether oxygens (including phenoxy) is 1. The maximum Gasteiger partial charge on any atom is 0.506 e. The van der Waals surface area contributed by atoms with Crippen LogP contribution < -0.4 is 5.32 Å². The summed E-state index contributed by atoms with van der Waals surface area (Å²) in [6.07, 6.45) is -1.28. The van der Waals surface area contributed by atoms with Crippen LogP contribution >= 0.6 is 23.2 Å². The van der Waals surface area contributed by atoms with Crippen molar-refractivity contribution in [2.75, 3.05) is 12.9 Å². The molecule has 0 spiro atoms. The third-order valence-corrected chi connectivity index (χ3v) is 5.70. The quantitative estimate of drug-likeness (QED) is 0.398. The Labute approximate surface area is 179 Å². The minimum absolute atomic E-state index is 0.0121. The van der Waals surface area contributed by atoms with E-state index in [-0.39, 0.29) is 17.2 Å². The normalized spacial score (nSPS) is 15.0. The van der Waals surface area contributed by atoms with Gasteiger partial charge in [-0.05, 0) is 30.0 Å². The first-order valence-electron chi connectivity index (χ1n) is 8.70. The SMILES string of the molecule is CC(C)C[C@@H](OC(=O)O)C(c1ccc(S(C)(=O)=O)cc1)[C@H](CF)NC(=O)C(Cl)Cl. The summed E-state index contributed by atoms with van der Waals surface area (Å²) in [7, 11) is -3.46. The highest BCUT2D eigenvalue weighted by Gasteiger charge is 2.36. The predicted molar refractivity (Wildman–Crippen MR) is 108 cm³/mol. The number of nitrogens with one attached hydrogen (secondary N) is 1.